The van der Waals surface area contributed by atoms with E-state index in [1.807, 2.05) is 6.07 Å². The second-order valence-corrected chi connectivity index (χ2v) is 5.52. The fourth-order valence-electron chi connectivity index (χ4n) is 2.03. The summed E-state index contributed by atoms with van der Waals surface area (Å²) in [4.78, 5) is 12.2. The Morgan fingerprint density at radius 1 is 1.09 bits per heavy atom. The lowest BCUT2D eigenvalue weighted by Crippen LogP contribution is -2.13. The van der Waals surface area contributed by atoms with Crippen LogP contribution in [0, 0.1) is 5.82 Å². The Kier molecular flexibility index (Phi) is 4.32. The standard InChI is InChI=1S/C16H10Cl2FN3O/c17-10-5-2-1-4-9(10)13-8-14(22-21-13)16(23)20-12-7-3-6-11(18)15(12)19/h1-8H,(H,20,23)(H,21,22). The van der Waals surface area contributed by atoms with Gasteiger partial charge < -0.3 is 5.32 Å². The summed E-state index contributed by atoms with van der Waals surface area (Å²) in [7, 11) is 0. The smallest absolute Gasteiger partial charge is 0.273 e. The third-order valence-electron chi connectivity index (χ3n) is 3.17. The summed E-state index contributed by atoms with van der Waals surface area (Å²) in [6.45, 7) is 0. The number of rotatable bonds is 3. The van der Waals surface area contributed by atoms with Crippen molar-refractivity contribution in [1.29, 1.82) is 0 Å². The molecule has 116 valence electrons. The van der Waals surface area contributed by atoms with E-state index < -0.39 is 11.7 Å². The number of aromatic nitrogens is 2. The minimum atomic E-state index is -0.687. The molecular formula is C16H10Cl2FN3O. The van der Waals surface area contributed by atoms with Gasteiger partial charge in [-0.15, -0.1) is 0 Å². The normalized spacial score (nSPS) is 10.6. The Hall–Kier alpha value is -2.37. The molecule has 0 unspecified atom stereocenters. The van der Waals surface area contributed by atoms with E-state index in [2.05, 4.69) is 15.5 Å². The van der Waals surface area contributed by atoms with Crippen molar-refractivity contribution in [3.8, 4) is 11.3 Å². The van der Waals surface area contributed by atoms with Crippen molar-refractivity contribution in [2.45, 2.75) is 0 Å². The average molecular weight is 350 g/mol. The maximum atomic E-state index is 13.8. The highest BCUT2D eigenvalue weighted by Crippen LogP contribution is 2.27. The highest BCUT2D eigenvalue weighted by atomic mass is 35.5. The van der Waals surface area contributed by atoms with Crippen molar-refractivity contribution in [2.24, 2.45) is 0 Å². The molecule has 1 aromatic heterocycles. The molecule has 0 aliphatic heterocycles. The van der Waals surface area contributed by atoms with Gasteiger partial charge in [-0.25, -0.2) is 4.39 Å². The van der Waals surface area contributed by atoms with Crippen LogP contribution in [0.15, 0.2) is 48.5 Å². The molecule has 2 aromatic carbocycles. The number of anilines is 1. The van der Waals surface area contributed by atoms with Crippen molar-refractivity contribution in [1.82, 2.24) is 10.2 Å². The predicted molar refractivity (Wildman–Crippen MR) is 88.4 cm³/mol. The van der Waals surface area contributed by atoms with E-state index >= 15 is 0 Å². The van der Waals surface area contributed by atoms with Crippen LogP contribution in [0.4, 0.5) is 10.1 Å². The molecule has 2 N–H and O–H groups in total. The molecule has 0 fully saturated rings. The lowest BCUT2D eigenvalue weighted by Gasteiger charge is -2.05. The molecule has 3 aromatic rings. The summed E-state index contributed by atoms with van der Waals surface area (Å²) in [6, 6.07) is 13.0. The molecule has 0 aliphatic rings. The third-order valence-corrected chi connectivity index (χ3v) is 3.79. The number of nitrogens with one attached hydrogen (secondary N) is 2. The molecule has 3 rings (SSSR count). The Balaban J connectivity index is 1.84. The molecule has 0 spiro atoms. The molecule has 23 heavy (non-hydrogen) atoms. The molecule has 0 radical (unpaired) electrons. The highest BCUT2D eigenvalue weighted by Gasteiger charge is 2.15. The maximum absolute atomic E-state index is 13.8. The van der Waals surface area contributed by atoms with Crippen molar-refractivity contribution in [3.05, 3.63) is 70.1 Å². The first-order valence-electron chi connectivity index (χ1n) is 6.62. The Labute approximate surface area is 141 Å². The molecule has 0 atom stereocenters. The lowest BCUT2D eigenvalue weighted by atomic mass is 10.1. The first-order chi connectivity index (χ1) is 11.1. The lowest BCUT2D eigenvalue weighted by molar-refractivity contribution is 0.102. The number of carbonyl (C=O) groups excluding carboxylic acids is 1. The van der Waals surface area contributed by atoms with Crippen LogP contribution in [0.2, 0.25) is 10.0 Å². The zero-order chi connectivity index (χ0) is 16.4. The number of aromatic amines is 1. The van der Waals surface area contributed by atoms with Gasteiger partial charge in [0.05, 0.1) is 21.4 Å². The van der Waals surface area contributed by atoms with Gasteiger partial charge in [0, 0.05) is 5.56 Å². The van der Waals surface area contributed by atoms with Crippen molar-refractivity contribution >= 4 is 34.8 Å². The van der Waals surface area contributed by atoms with Crippen molar-refractivity contribution < 1.29 is 9.18 Å². The van der Waals surface area contributed by atoms with Gasteiger partial charge in [0.1, 0.15) is 5.69 Å². The van der Waals surface area contributed by atoms with Crippen LogP contribution >= 0.6 is 23.2 Å². The number of benzene rings is 2. The monoisotopic (exact) mass is 349 g/mol. The van der Waals surface area contributed by atoms with E-state index in [1.54, 1.807) is 30.3 Å². The zero-order valence-corrected chi connectivity index (χ0v) is 13.1. The quantitative estimate of drug-likeness (QED) is 0.715. The number of halogens is 3. The van der Waals surface area contributed by atoms with Crippen LogP contribution in [0.3, 0.4) is 0 Å². The number of H-pyrrole nitrogens is 1. The first kappa shape index (κ1) is 15.5. The van der Waals surface area contributed by atoms with E-state index in [-0.39, 0.29) is 16.4 Å². The predicted octanol–water partition coefficient (Wildman–Crippen LogP) is 4.77. The second kappa shape index (κ2) is 6.40. The first-order valence-corrected chi connectivity index (χ1v) is 7.37. The van der Waals surface area contributed by atoms with Crippen LogP contribution in [-0.4, -0.2) is 16.1 Å². The van der Waals surface area contributed by atoms with Gasteiger partial charge >= 0.3 is 0 Å². The molecule has 4 nitrogen and oxygen atoms in total. The van der Waals surface area contributed by atoms with E-state index in [4.69, 9.17) is 23.2 Å². The molecule has 0 bridgehead atoms. The number of amides is 1. The topological polar surface area (TPSA) is 57.8 Å². The maximum Gasteiger partial charge on any atom is 0.273 e. The van der Waals surface area contributed by atoms with Gasteiger partial charge in [-0.1, -0.05) is 47.5 Å². The zero-order valence-electron chi connectivity index (χ0n) is 11.6. The van der Waals surface area contributed by atoms with Gasteiger partial charge in [-0.05, 0) is 24.3 Å². The molecule has 7 heteroatoms. The Morgan fingerprint density at radius 2 is 1.83 bits per heavy atom. The Bertz CT molecular complexity index is 879. The van der Waals surface area contributed by atoms with Crippen molar-refractivity contribution in [2.75, 3.05) is 5.32 Å². The average Bonchev–Trinajstić information content (AvgIpc) is 3.02. The molecule has 0 saturated carbocycles. The molecular weight excluding hydrogens is 340 g/mol. The van der Waals surface area contributed by atoms with Gasteiger partial charge in [0.15, 0.2) is 5.82 Å². The summed E-state index contributed by atoms with van der Waals surface area (Å²) < 4.78 is 13.8. The van der Waals surface area contributed by atoms with E-state index in [0.29, 0.717) is 16.3 Å². The molecule has 0 aliphatic carbocycles. The number of nitrogens with zero attached hydrogens (tertiary/aromatic N) is 1. The highest BCUT2D eigenvalue weighted by molar-refractivity contribution is 6.33. The van der Waals surface area contributed by atoms with Crippen molar-refractivity contribution in [3.63, 3.8) is 0 Å². The second-order valence-electron chi connectivity index (χ2n) is 4.70. The SMILES string of the molecule is O=C(Nc1cccc(Cl)c1F)c1cc(-c2ccccc2Cl)n[nH]1. The number of hydrogen-bond donors (Lipinski definition) is 2. The van der Waals surface area contributed by atoms with E-state index in [1.165, 1.54) is 12.1 Å². The third kappa shape index (κ3) is 3.21. The molecule has 1 heterocycles. The minimum Gasteiger partial charge on any atom is -0.318 e. The number of carbonyl (C=O) groups is 1. The summed E-state index contributed by atoms with van der Waals surface area (Å²) in [5.74, 6) is -1.22. The summed E-state index contributed by atoms with van der Waals surface area (Å²) in [5, 5.41) is 9.57. The summed E-state index contributed by atoms with van der Waals surface area (Å²) in [6.07, 6.45) is 0. The summed E-state index contributed by atoms with van der Waals surface area (Å²) in [5.41, 5.74) is 1.39. The van der Waals surface area contributed by atoms with Gasteiger partial charge in [0.25, 0.3) is 5.91 Å². The van der Waals surface area contributed by atoms with Crippen LogP contribution < -0.4 is 5.32 Å². The number of hydrogen-bond acceptors (Lipinski definition) is 2. The largest absolute Gasteiger partial charge is 0.318 e. The van der Waals surface area contributed by atoms with Crippen LogP contribution in [-0.2, 0) is 0 Å². The van der Waals surface area contributed by atoms with Gasteiger partial charge in [-0.2, -0.15) is 5.10 Å². The van der Waals surface area contributed by atoms with Gasteiger partial charge in [-0.3, -0.25) is 9.89 Å². The summed E-state index contributed by atoms with van der Waals surface area (Å²) >= 11 is 11.8. The van der Waals surface area contributed by atoms with Crippen LogP contribution in [0.1, 0.15) is 10.5 Å². The fourth-order valence-corrected chi connectivity index (χ4v) is 2.44. The van der Waals surface area contributed by atoms with E-state index in [0.717, 1.165) is 0 Å². The fraction of sp³-hybridized carbons (Fsp3) is 0. The van der Waals surface area contributed by atoms with Crippen LogP contribution in [0.5, 0.6) is 0 Å². The van der Waals surface area contributed by atoms with Gasteiger partial charge in [0.2, 0.25) is 0 Å². The van der Waals surface area contributed by atoms with E-state index in [9.17, 15) is 9.18 Å². The van der Waals surface area contributed by atoms with Crippen LogP contribution in [0.25, 0.3) is 11.3 Å². The molecule has 0 saturated heterocycles. The Morgan fingerprint density at radius 3 is 2.61 bits per heavy atom. The minimum absolute atomic E-state index is 0.00334. The molecule has 1 amide bonds.